The highest BCUT2D eigenvalue weighted by molar-refractivity contribution is 5.92. The highest BCUT2D eigenvalue weighted by atomic mass is 16.7. The van der Waals surface area contributed by atoms with E-state index < -0.39 is 6.29 Å². The number of hydrogen-bond donors (Lipinski definition) is 1. The summed E-state index contributed by atoms with van der Waals surface area (Å²) in [6.07, 6.45) is 10.4. The molecule has 1 N–H and O–H groups in total. The minimum Gasteiger partial charge on any atom is -0.459 e. The van der Waals surface area contributed by atoms with Gasteiger partial charge in [-0.05, 0) is 66.0 Å². The normalized spacial score (nSPS) is 21.9. The molecule has 2 aromatic rings. The number of amides is 1. The second-order valence-corrected chi connectivity index (χ2v) is 9.99. The molecule has 1 saturated heterocycles. The van der Waals surface area contributed by atoms with Gasteiger partial charge in [-0.15, -0.1) is 0 Å². The van der Waals surface area contributed by atoms with E-state index in [2.05, 4.69) is 42.5 Å². The van der Waals surface area contributed by atoms with Gasteiger partial charge < -0.3 is 19.5 Å². The van der Waals surface area contributed by atoms with Crippen LogP contribution in [-0.2, 0) is 20.7 Å². The van der Waals surface area contributed by atoms with Crippen LogP contribution in [0.25, 0.3) is 11.1 Å². The number of unbranched alkanes of at least 4 members (excludes halogenated alkanes) is 1. The van der Waals surface area contributed by atoms with E-state index in [1.54, 1.807) is 0 Å². The lowest BCUT2D eigenvalue weighted by molar-refractivity contribution is -0.153. The summed E-state index contributed by atoms with van der Waals surface area (Å²) in [5.74, 6) is 0.489. The number of ether oxygens (including phenoxy) is 2. The van der Waals surface area contributed by atoms with Crippen LogP contribution in [0.5, 0.6) is 0 Å². The molecule has 2 aromatic carbocycles. The van der Waals surface area contributed by atoms with Gasteiger partial charge in [-0.3, -0.25) is 4.79 Å². The Morgan fingerprint density at radius 1 is 0.971 bits per heavy atom. The van der Waals surface area contributed by atoms with E-state index in [0.717, 1.165) is 38.8 Å². The van der Waals surface area contributed by atoms with Gasteiger partial charge in [0.15, 0.2) is 5.76 Å². The van der Waals surface area contributed by atoms with Crippen molar-refractivity contribution in [3.05, 3.63) is 71.0 Å². The molecule has 2 atom stereocenters. The number of carbonyl (C=O) groups is 1. The van der Waals surface area contributed by atoms with Gasteiger partial charge in [0.05, 0.1) is 6.61 Å². The van der Waals surface area contributed by atoms with Crippen molar-refractivity contribution in [3.8, 4) is 11.1 Å². The number of benzene rings is 2. The molecule has 2 unspecified atom stereocenters. The summed E-state index contributed by atoms with van der Waals surface area (Å²) < 4.78 is 12.3. The number of aliphatic hydroxyl groups excluding tert-OH is 1. The molecule has 0 bridgehead atoms. The quantitative estimate of drug-likeness (QED) is 0.455. The Morgan fingerprint density at radius 2 is 1.74 bits per heavy atom. The van der Waals surface area contributed by atoms with Crippen LogP contribution >= 0.6 is 0 Å². The third-order valence-electron chi connectivity index (χ3n) is 7.55. The Kier molecular flexibility index (Phi) is 7.85. The van der Waals surface area contributed by atoms with E-state index in [-0.39, 0.29) is 18.4 Å². The number of aliphatic hydroxyl groups is 1. The van der Waals surface area contributed by atoms with E-state index in [1.807, 2.05) is 11.0 Å². The van der Waals surface area contributed by atoms with Crippen LogP contribution in [0.2, 0.25) is 0 Å². The predicted octanol–water partition coefficient (Wildman–Crippen LogP) is 5.55. The zero-order valence-corrected chi connectivity index (χ0v) is 20.6. The molecule has 5 nitrogen and oxygen atoms in total. The summed E-state index contributed by atoms with van der Waals surface area (Å²) in [6.45, 7) is 2.26. The van der Waals surface area contributed by atoms with Crippen LogP contribution in [0.4, 0.5) is 0 Å². The first-order valence-corrected chi connectivity index (χ1v) is 13.3. The minimum atomic E-state index is -0.461. The lowest BCUT2D eigenvalue weighted by Gasteiger charge is -2.33. The van der Waals surface area contributed by atoms with Crippen LogP contribution in [-0.4, -0.2) is 48.5 Å². The first-order chi connectivity index (χ1) is 17.2. The molecule has 186 valence electrons. The Morgan fingerprint density at radius 3 is 2.57 bits per heavy atom. The van der Waals surface area contributed by atoms with Crippen LogP contribution in [0.1, 0.15) is 74.0 Å². The number of rotatable bonds is 7. The number of fused-ring (bicyclic) bond motifs is 3. The van der Waals surface area contributed by atoms with Crippen molar-refractivity contribution in [1.29, 1.82) is 0 Å². The average molecular weight is 476 g/mol. The molecule has 5 heteroatoms. The molecule has 0 spiro atoms. The van der Waals surface area contributed by atoms with Gasteiger partial charge >= 0.3 is 0 Å². The third kappa shape index (κ3) is 5.46. The van der Waals surface area contributed by atoms with Gasteiger partial charge in [0.25, 0.3) is 5.91 Å². The maximum absolute atomic E-state index is 13.6. The van der Waals surface area contributed by atoms with E-state index in [0.29, 0.717) is 25.2 Å². The molecule has 0 radical (unpaired) electrons. The molecule has 2 aliphatic heterocycles. The highest BCUT2D eigenvalue weighted by Gasteiger charge is 2.33. The molecule has 3 aliphatic rings. The topological polar surface area (TPSA) is 59.0 Å². The molecule has 1 fully saturated rings. The molecular formula is C30H37NO4. The highest BCUT2D eigenvalue weighted by Crippen LogP contribution is 2.43. The van der Waals surface area contributed by atoms with Crippen molar-refractivity contribution in [2.45, 2.75) is 70.0 Å². The average Bonchev–Trinajstić information content (AvgIpc) is 3.25. The van der Waals surface area contributed by atoms with Crippen molar-refractivity contribution >= 4 is 5.91 Å². The fraction of sp³-hybridized carbons (Fsp3) is 0.500. The van der Waals surface area contributed by atoms with Crippen LogP contribution in [0, 0.1) is 0 Å². The number of carbonyl (C=O) groups excluding carboxylic acids is 1. The Bertz CT molecular complexity index is 1050. The molecule has 35 heavy (non-hydrogen) atoms. The van der Waals surface area contributed by atoms with Crippen molar-refractivity contribution in [2.24, 2.45) is 0 Å². The monoisotopic (exact) mass is 475 g/mol. The van der Waals surface area contributed by atoms with E-state index in [1.165, 1.54) is 47.1 Å². The van der Waals surface area contributed by atoms with Crippen LogP contribution in [0.3, 0.4) is 0 Å². The Hall–Kier alpha value is -2.63. The first kappa shape index (κ1) is 24.1. The first-order valence-electron chi connectivity index (χ1n) is 13.3. The predicted molar refractivity (Wildman–Crippen MR) is 137 cm³/mol. The van der Waals surface area contributed by atoms with Crippen molar-refractivity contribution in [2.75, 3.05) is 26.3 Å². The second-order valence-electron chi connectivity index (χ2n) is 9.99. The zero-order valence-electron chi connectivity index (χ0n) is 20.6. The van der Waals surface area contributed by atoms with Crippen LogP contribution < -0.4 is 0 Å². The Balaban J connectivity index is 1.42. The smallest absolute Gasteiger partial charge is 0.288 e. The lowest BCUT2D eigenvalue weighted by atomic mass is 9.87. The summed E-state index contributed by atoms with van der Waals surface area (Å²) in [4.78, 5) is 15.5. The van der Waals surface area contributed by atoms with Gasteiger partial charge in [-0.2, -0.15) is 0 Å². The van der Waals surface area contributed by atoms with Gasteiger partial charge in [-0.25, -0.2) is 0 Å². The molecule has 0 saturated carbocycles. The van der Waals surface area contributed by atoms with Gasteiger partial charge in [0.1, 0.15) is 0 Å². The molecule has 5 rings (SSSR count). The largest absolute Gasteiger partial charge is 0.459 e. The third-order valence-corrected chi connectivity index (χ3v) is 7.55. The maximum atomic E-state index is 13.6. The maximum Gasteiger partial charge on any atom is 0.288 e. The molecule has 0 aromatic heterocycles. The SMILES string of the molecule is O=C(C1=CC(c2cccc3c2Cc2ccccc2-3)CC(OCCCCO)O1)N1CCCCCCC1. The molecular weight excluding hydrogens is 438 g/mol. The van der Waals surface area contributed by atoms with Crippen molar-refractivity contribution in [1.82, 2.24) is 4.90 Å². The summed E-state index contributed by atoms with van der Waals surface area (Å²) in [5, 5.41) is 9.11. The summed E-state index contributed by atoms with van der Waals surface area (Å²) in [5.41, 5.74) is 6.60. The van der Waals surface area contributed by atoms with Gasteiger partial charge in [-0.1, -0.05) is 61.7 Å². The lowest BCUT2D eigenvalue weighted by Crippen LogP contribution is -2.38. The molecule has 1 amide bonds. The van der Waals surface area contributed by atoms with E-state index >= 15 is 0 Å². The van der Waals surface area contributed by atoms with E-state index in [4.69, 9.17) is 14.6 Å². The summed E-state index contributed by atoms with van der Waals surface area (Å²) in [7, 11) is 0. The number of hydrogen-bond acceptors (Lipinski definition) is 4. The molecule has 1 aliphatic carbocycles. The second kappa shape index (κ2) is 11.4. The van der Waals surface area contributed by atoms with Gasteiger partial charge in [0, 0.05) is 32.0 Å². The molecule has 2 heterocycles. The zero-order chi connectivity index (χ0) is 24.0. The fourth-order valence-corrected chi connectivity index (χ4v) is 5.69. The number of allylic oxidation sites excluding steroid dienone is 1. The van der Waals surface area contributed by atoms with E-state index in [9.17, 15) is 4.79 Å². The Labute approximate surface area is 208 Å². The minimum absolute atomic E-state index is 0.00331. The van der Waals surface area contributed by atoms with Crippen molar-refractivity contribution < 1.29 is 19.4 Å². The van der Waals surface area contributed by atoms with Gasteiger partial charge in [0.2, 0.25) is 6.29 Å². The summed E-state index contributed by atoms with van der Waals surface area (Å²) in [6, 6.07) is 15.2. The standard InChI is InChI=1S/C30H37NO4/c32-17-8-9-18-34-29-21-23(20-28(35-29)30(33)31-15-6-2-1-3-7-16-31)25-13-10-14-26-24-12-5-4-11-22(24)19-27(25)26/h4-5,10-14,20,23,29,32H,1-3,6-9,15-19,21H2. The number of likely N-dealkylation sites (tertiary alicyclic amines) is 1. The summed E-state index contributed by atoms with van der Waals surface area (Å²) >= 11 is 0. The fourth-order valence-electron chi connectivity index (χ4n) is 5.69. The van der Waals surface area contributed by atoms with Crippen LogP contribution in [0.15, 0.2) is 54.3 Å². The number of nitrogens with zero attached hydrogens (tertiary/aromatic N) is 1. The van der Waals surface area contributed by atoms with Crippen molar-refractivity contribution in [3.63, 3.8) is 0 Å².